The molecule has 0 saturated heterocycles. The summed E-state index contributed by atoms with van der Waals surface area (Å²) >= 11 is 6.27. The Balaban J connectivity index is 1.66. The van der Waals surface area contributed by atoms with Gasteiger partial charge in [-0.15, -0.1) is 5.12 Å². The van der Waals surface area contributed by atoms with Gasteiger partial charge < -0.3 is 5.32 Å². The van der Waals surface area contributed by atoms with Gasteiger partial charge in [-0.3, -0.25) is 4.90 Å². The van der Waals surface area contributed by atoms with Crippen LogP contribution >= 0.6 is 11.6 Å². The Morgan fingerprint density at radius 3 is 2.68 bits per heavy atom. The monoisotopic (exact) mass is 439 g/mol. The van der Waals surface area contributed by atoms with E-state index < -0.39 is 0 Å². The number of anilines is 3. The Morgan fingerprint density at radius 1 is 1.26 bits per heavy atom. The lowest BCUT2D eigenvalue weighted by Gasteiger charge is -2.38. The van der Waals surface area contributed by atoms with E-state index in [2.05, 4.69) is 57.9 Å². The first-order chi connectivity index (χ1) is 14.7. The number of amides is 2. The molecule has 0 fully saturated rings. The second-order valence-electron chi connectivity index (χ2n) is 7.87. The molecule has 160 valence electrons. The molecule has 0 unspecified atom stereocenters. The molecule has 0 saturated carbocycles. The first-order valence-electron chi connectivity index (χ1n) is 9.58. The second-order valence-corrected chi connectivity index (χ2v) is 8.27. The van der Waals surface area contributed by atoms with Gasteiger partial charge in [0.05, 0.1) is 40.2 Å². The lowest BCUT2D eigenvalue weighted by atomic mass is 9.81. The summed E-state index contributed by atoms with van der Waals surface area (Å²) in [6.07, 6.45) is 3.97. The number of nitrogens with zero attached hydrogens (tertiary/aromatic N) is 8. The van der Waals surface area contributed by atoms with Crippen LogP contribution in [0, 0.1) is 6.92 Å². The van der Waals surface area contributed by atoms with Crippen LogP contribution in [-0.2, 0) is 5.41 Å². The van der Waals surface area contributed by atoms with Gasteiger partial charge >= 0.3 is 6.03 Å². The maximum absolute atomic E-state index is 13.1. The molecular formula is C20H22ClN9O. The molecule has 0 aliphatic carbocycles. The number of hydrazone groups is 2. The summed E-state index contributed by atoms with van der Waals surface area (Å²) in [5, 5.41) is 16.1. The van der Waals surface area contributed by atoms with Crippen molar-refractivity contribution in [3.05, 3.63) is 40.9 Å². The first-order valence-corrected chi connectivity index (χ1v) is 9.96. The fourth-order valence-corrected chi connectivity index (χ4v) is 3.97. The summed E-state index contributed by atoms with van der Waals surface area (Å²) in [4.78, 5) is 23.5. The number of fused-ring (bicyclic) bond motifs is 3. The van der Waals surface area contributed by atoms with Crippen molar-refractivity contribution >= 4 is 53.9 Å². The van der Waals surface area contributed by atoms with Crippen molar-refractivity contribution in [2.75, 3.05) is 21.9 Å². The van der Waals surface area contributed by atoms with E-state index in [1.54, 1.807) is 17.2 Å². The Hall–Kier alpha value is -3.53. The molecular weight excluding hydrogens is 418 g/mol. The van der Waals surface area contributed by atoms with Crippen LogP contribution in [0.5, 0.6) is 0 Å². The fraction of sp³-hybridized carbons (Fsp3) is 0.300. The van der Waals surface area contributed by atoms with Gasteiger partial charge in [0.15, 0.2) is 11.5 Å². The summed E-state index contributed by atoms with van der Waals surface area (Å²) in [6.45, 7) is 13.5. The van der Waals surface area contributed by atoms with E-state index in [-0.39, 0.29) is 22.3 Å². The minimum Gasteiger partial charge on any atom is -0.306 e. The molecule has 1 N–H and O–H groups in total. The van der Waals surface area contributed by atoms with Crippen LogP contribution in [0.4, 0.5) is 22.0 Å². The maximum atomic E-state index is 13.1. The normalized spacial score (nSPS) is 14.8. The van der Waals surface area contributed by atoms with Gasteiger partial charge in [0.2, 0.25) is 0 Å². The van der Waals surface area contributed by atoms with Crippen molar-refractivity contribution < 1.29 is 4.79 Å². The highest BCUT2D eigenvalue weighted by Crippen LogP contribution is 2.39. The number of rotatable bonds is 4. The zero-order chi connectivity index (χ0) is 22.3. The van der Waals surface area contributed by atoms with Crippen molar-refractivity contribution in [3.8, 4) is 0 Å². The van der Waals surface area contributed by atoms with Gasteiger partial charge in [0.25, 0.3) is 0 Å². The Labute approximate surface area is 184 Å². The number of nitrogens with one attached hydrogen (secondary N) is 1. The summed E-state index contributed by atoms with van der Waals surface area (Å²) in [6, 6.07) is 3.18. The van der Waals surface area contributed by atoms with Crippen molar-refractivity contribution in [1.82, 2.24) is 19.6 Å². The van der Waals surface area contributed by atoms with E-state index in [9.17, 15) is 4.79 Å². The highest BCUT2D eigenvalue weighted by molar-refractivity contribution is 6.33. The number of hydrogen-bond acceptors (Lipinski definition) is 7. The molecule has 31 heavy (non-hydrogen) atoms. The Kier molecular flexibility index (Phi) is 5.10. The summed E-state index contributed by atoms with van der Waals surface area (Å²) in [5.74, 6) is 0.260. The highest BCUT2D eigenvalue weighted by Gasteiger charge is 2.37. The predicted molar refractivity (Wildman–Crippen MR) is 123 cm³/mol. The molecule has 3 aromatic heterocycles. The first kappa shape index (κ1) is 20.7. The molecule has 11 heteroatoms. The highest BCUT2D eigenvalue weighted by atomic mass is 35.5. The molecule has 0 aromatic carbocycles. The molecule has 1 aliphatic rings. The van der Waals surface area contributed by atoms with Crippen LogP contribution in [0.15, 0.2) is 34.7 Å². The van der Waals surface area contributed by atoms with Crippen LogP contribution < -0.4 is 15.3 Å². The summed E-state index contributed by atoms with van der Waals surface area (Å²) in [7, 11) is 0. The molecule has 4 rings (SSSR count). The second kappa shape index (κ2) is 7.62. The van der Waals surface area contributed by atoms with Crippen molar-refractivity contribution in [3.63, 3.8) is 0 Å². The van der Waals surface area contributed by atoms with Crippen molar-refractivity contribution in [2.45, 2.75) is 32.6 Å². The van der Waals surface area contributed by atoms with Gasteiger partial charge in [0, 0.05) is 31.5 Å². The third-order valence-electron chi connectivity index (χ3n) is 5.25. The van der Waals surface area contributed by atoms with Gasteiger partial charge in [-0.2, -0.15) is 15.3 Å². The number of aryl methyl sites for hydroxylation is 1. The molecule has 2 amide bonds. The molecule has 0 bridgehead atoms. The molecule has 10 nitrogen and oxygen atoms in total. The van der Waals surface area contributed by atoms with E-state index in [1.807, 2.05) is 17.5 Å². The molecule has 3 aromatic rings. The van der Waals surface area contributed by atoms with E-state index in [0.717, 1.165) is 34.3 Å². The number of carbonyl (C=O) groups is 1. The van der Waals surface area contributed by atoms with E-state index >= 15 is 0 Å². The van der Waals surface area contributed by atoms with E-state index in [1.165, 1.54) is 6.20 Å². The smallest absolute Gasteiger partial charge is 0.306 e. The van der Waals surface area contributed by atoms with Crippen LogP contribution in [0.1, 0.15) is 31.7 Å². The van der Waals surface area contributed by atoms with Crippen LogP contribution in [0.3, 0.4) is 0 Å². The molecule has 1 aliphatic heterocycles. The average molecular weight is 440 g/mol. The largest absolute Gasteiger partial charge is 0.326 e. The zero-order valence-electron chi connectivity index (χ0n) is 17.5. The number of halogens is 1. The predicted octanol–water partition coefficient (Wildman–Crippen LogP) is 3.84. The quantitative estimate of drug-likeness (QED) is 0.491. The minimum absolute atomic E-state index is 0.170. The van der Waals surface area contributed by atoms with Crippen molar-refractivity contribution in [2.24, 2.45) is 10.2 Å². The van der Waals surface area contributed by atoms with Gasteiger partial charge in [-0.1, -0.05) is 25.4 Å². The lowest BCUT2D eigenvalue weighted by Crippen LogP contribution is -2.44. The SMILES string of the molecule is C=NN(N=C)c1ncc(NC(=O)N2CCC(C)(C)c3c2cnc2cc(C)nn32)cc1Cl. The number of carbonyl (C=O) groups excluding carboxylic acids is 1. The van der Waals surface area contributed by atoms with Gasteiger partial charge in [0.1, 0.15) is 0 Å². The zero-order valence-corrected chi connectivity index (χ0v) is 18.3. The maximum Gasteiger partial charge on any atom is 0.326 e. The number of pyridine rings is 1. The number of urea groups is 1. The topological polar surface area (TPSA) is 103 Å². The van der Waals surface area contributed by atoms with Crippen molar-refractivity contribution in [1.29, 1.82) is 0 Å². The lowest BCUT2D eigenvalue weighted by molar-refractivity contribution is 0.255. The average Bonchev–Trinajstić information content (AvgIpc) is 3.10. The molecule has 0 atom stereocenters. The van der Waals surface area contributed by atoms with Gasteiger partial charge in [-0.25, -0.2) is 19.3 Å². The Bertz CT molecular complexity index is 1190. The van der Waals surface area contributed by atoms with Gasteiger partial charge in [-0.05, 0) is 19.4 Å². The number of hydrogen-bond donors (Lipinski definition) is 1. The van der Waals surface area contributed by atoms with Crippen LogP contribution in [0.2, 0.25) is 5.02 Å². The molecule has 4 heterocycles. The number of aromatic nitrogens is 4. The third-order valence-corrected chi connectivity index (χ3v) is 5.53. The molecule has 0 radical (unpaired) electrons. The summed E-state index contributed by atoms with van der Waals surface area (Å²) < 4.78 is 1.83. The summed E-state index contributed by atoms with van der Waals surface area (Å²) in [5.41, 5.74) is 3.56. The van der Waals surface area contributed by atoms with Crippen LogP contribution in [0.25, 0.3) is 5.65 Å². The third kappa shape index (κ3) is 3.59. The van der Waals surface area contributed by atoms with Crippen LogP contribution in [-0.4, -0.2) is 45.6 Å². The molecule has 0 spiro atoms. The standard InChI is InChI=1S/C20H22ClN9O/c1-12-8-16-24-11-15-17(29(16)27-12)20(2,3)6-7-28(15)19(31)26-13-9-14(21)18(25-10-13)30(22-4)23-5/h8-11H,4-7H2,1-3H3,(H,26,31). The van der Waals surface area contributed by atoms with E-state index in [0.29, 0.717) is 12.2 Å². The minimum atomic E-state index is -0.312. The Morgan fingerprint density at radius 2 is 2.00 bits per heavy atom. The fourth-order valence-electron chi connectivity index (χ4n) is 3.73. The van der Waals surface area contributed by atoms with E-state index in [4.69, 9.17) is 11.6 Å².